The third-order valence-electron chi connectivity index (χ3n) is 2.39. The number of sulfone groups is 1. The molecule has 0 saturated heterocycles. The molecule has 3 N–H and O–H groups in total. The molecule has 17 heavy (non-hydrogen) atoms. The minimum atomic E-state index is -3.21. The summed E-state index contributed by atoms with van der Waals surface area (Å²) in [5.74, 6) is 5.04. The van der Waals surface area contributed by atoms with Gasteiger partial charge in [-0.25, -0.2) is 19.1 Å². The third-order valence-corrected chi connectivity index (χ3v) is 4.14. The van der Waals surface area contributed by atoms with Gasteiger partial charge in [0.2, 0.25) is 0 Å². The zero-order valence-electron chi connectivity index (χ0n) is 9.67. The Kier molecular flexibility index (Phi) is 4.08. The van der Waals surface area contributed by atoms with E-state index in [1.165, 1.54) is 24.1 Å². The van der Waals surface area contributed by atoms with Gasteiger partial charge in [0.1, 0.15) is 0 Å². The number of hydrogen-bond acceptors (Lipinski definition) is 4. The Balaban J connectivity index is 3.00. The zero-order chi connectivity index (χ0) is 13.1. The summed E-state index contributed by atoms with van der Waals surface area (Å²) in [6.45, 7) is 1.58. The molecule has 6 nitrogen and oxygen atoms in total. The summed E-state index contributed by atoms with van der Waals surface area (Å²) in [5, 5.41) is 0. The first kappa shape index (κ1) is 13.5. The van der Waals surface area contributed by atoms with Crippen LogP contribution in [0.5, 0.6) is 0 Å². The maximum atomic E-state index is 11.6. The molecule has 0 spiro atoms. The summed E-state index contributed by atoms with van der Waals surface area (Å²) >= 11 is 0. The van der Waals surface area contributed by atoms with Crippen LogP contribution >= 0.6 is 0 Å². The summed E-state index contributed by atoms with van der Waals surface area (Å²) in [4.78, 5) is 12.7. The lowest BCUT2D eigenvalue weighted by atomic mass is 10.3. The monoisotopic (exact) mass is 257 g/mol. The molecule has 0 unspecified atom stereocenters. The van der Waals surface area contributed by atoms with Crippen LogP contribution in [0.1, 0.15) is 6.92 Å². The molecule has 94 valence electrons. The van der Waals surface area contributed by atoms with Gasteiger partial charge in [-0.2, -0.15) is 0 Å². The highest BCUT2D eigenvalue weighted by Gasteiger charge is 2.13. The van der Waals surface area contributed by atoms with Crippen LogP contribution in [0, 0.1) is 0 Å². The van der Waals surface area contributed by atoms with Gasteiger partial charge in [0.15, 0.2) is 9.84 Å². The lowest BCUT2D eigenvalue weighted by Gasteiger charge is -2.16. The fourth-order valence-corrected chi connectivity index (χ4v) is 2.14. The molecular formula is C10H15N3O3S. The van der Waals surface area contributed by atoms with Gasteiger partial charge < -0.3 is 0 Å². The molecule has 1 aromatic carbocycles. The van der Waals surface area contributed by atoms with Crippen molar-refractivity contribution < 1.29 is 13.2 Å². The number of hydrazine groups is 1. The lowest BCUT2D eigenvalue weighted by Crippen LogP contribution is -2.41. The number of benzene rings is 1. The average Bonchev–Trinajstić information content (AvgIpc) is 2.37. The number of nitrogens with two attached hydrogens (primary N) is 1. The van der Waals surface area contributed by atoms with Crippen molar-refractivity contribution in [1.29, 1.82) is 0 Å². The second-order valence-electron chi connectivity index (χ2n) is 3.41. The number of nitrogens with one attached hydrogen (secondary N) is 1. The predicted molar refractivity (Wildman–Crippen MR) is 65.3 cm³/mol. The van der Waals surface area contributed by atoms with Crippen LogP contribution < -0.4 is 16.2 Å². The Morgan fingerprint density at radius 1 is 1.35 bits per heavy atom. The van der Waals surface area contributed by atoms with Gasteiger partial charge >= 0.3 is 6.03 Å². The van der Waals surface area contributed by atoms with E-state index < -0.39 is 15.9 Å². The first-order valence-corrected chi connectivity index (χ1v) is 6.64. The van der Waals surface area contributed by atoms with Crippen LogP contribution in [0.25, 0.3) is 0 Å². The molecule has 2 amide bonds. The van der Waals surface area contributed by atoms with Gasteiger partial charge in [-0.3, -0.25) is 10.3 Å². The van der Waals surface area contributed by atoms with E-state index in [0.717, 1.165) is 0 Å². The van der Waals surface area contributed by atoms with Crippen LogP contribution in [0.4, 0.5) is 10.5 Å². The second kappa shape index (κ2) is 5.15. The van der Waals surface area contributed by atoms with Crippen molar-refractivity contribution in [2.45, 2.75) is 11.8 Å². The maximum Gasteiger partial charge on any atom is 0.335 e. The van der Waals surface area contributed by atoms with Crippen molar-refractivity contribution in [3.8, 4) is 0 Å². The zero-order valence-corrected chi connectivity index (χ0v) is 10.5. The SMILES string of the molecule is CCS(=O)(=O)c1ccc(N(C)C(=O)NN)cc1. The standard InChI is InChI=1S/C10H15N3O3S/c1-3-17(15,16)9-6-4-8(5-7-9)13(2)10(14)12-11/h4-7H,3,11H2,1-2H3,(H,12,14). The molecule has 0 saturated carbocycles. The topological polar surface area (TPSA) is 92.5 Å². The molecular weight excluding hydrogens is 242 g/mol. The van der Waals surface area contributed by atoms with E-state index in [4.69, 9.17) is 5.84 Å². The largest absolute Gasteiger partial charge is 0.335 e. The third kappa shape index (κ3) is 2.95. The highest BCUT2D eigenvalue weighted by Crippen LogP contribution is 2.17. The quantitative estimate of drug-likeness (QED) is 0.468. The Bertz CT molecular complexity index is 496. The van der Waals surface area contributed by atoms with E-state index in [1.807, 2.05) is 5.43 Å². The van der Waals surface area contributed by atoms with E-state index in [9.17, 15) is 13.2 Å². The smallest absolute Gasteiger partial charge is 0.296 e. The fourth-order valence-electron chi connectivity index (χ4n) is 1.26. The minimum Gasteiger partial charge on any atom is -0.296 e. The number of hydrogen-bond donors (Lipinski definition) is 2. The van der Waals surface area contributed by atoms with E-state index in [2.05, 4.69) is 0 Å². The van der Waals surface area contributed by atoms with E-state index in [-0.39, 0.29) is 10.6 Å². The summed E-state index contributed by atoms with van der Waals surface area (Å²) in [6.07, 6.45) is 0. The number of carbonyl (C=O) groups excluding carboxylic acids is 1. The number of urea groups is 1. The minimum absolute atomic E-state index is 0.0471. The van der Waals surface area contributed by atoms with E-state index in [1.54, 1.807) is 19.1 Å². The Hall–Kier alpha value is -1.60. The molecule has 0 aliphatic heterocycles. The molecule has 0 heterocycles. The highest BCUT2D eigenvalue weighted by molar-refractivity contribution is 7.91. The van der Waals surface area contributed by atoms with Crippen molar-refractivity contribution in [3.63, 3.8) is 0 Å². The van der Waals surface area contributed by atoms with Crippen LogP contribution in [0.3, 0.4) is 0 Å². The van der Waals surface area contributed by atoms with Crippen molar-refractivity contribution in [2.24, 2.45) is 5.84 Å². The molecule has 1 aromatic rings. The molecule has 0 aromatic heterocycles. The number of anilines is 1. The molecule has 0 aliphatic carbocycles. The number of nitrogens with zero attached hydrogens (tertiary/aromatic N) is 1. The van der Waals surface area contributed by atoms with Crippen molar-refractivity contribution in [1.82, 2.24) is 5.43 Å². The predicted octanol–water partition coefficient (Wildman–Crippen LogP) is 0.500. The second-order valence-corrected chi connectivity index (χ2v) is 5.68. The number of carbonyl (C=O) groups is 1. The Labute approximate surface area is 100 Å². The van der Waals surface area contributed by atoms with Crippen molar-refractivity contribution in [3.05, 3.63) is 24.3 Å². The van der Waals surface area contributed by atoms with Gasteiger partial charge in [0.25, 0.3) is 0 Å². The van der Waals surface area contributed by atoms with Gasteiger partial charge in [0.05, 0.1) is 10.6 Å². The van der Waals surface area contributed by atoms with Crippen LogP contribution in [-0.2, 0) is 9.84 Å². The van der Waals surface area contributed by atoms with Crippen molar-refractivity contribution >= 4 is 21.6 Å². The van der Waals surface area contributed by atoms with Crippen molar-refractivity contribution in [2.75, 3.05) is 17.7 Å². The highest BCUT2D eigenvalue weighted by atomic mass is 32.2. The van der Waals surface area contributed by atoms with Gasteiger partial charge in [-0.05, 0) is 24.3 Å². The van der Waals surface area contributed by atoms with Crippen LogP contribution in [-0.4, -0.2) is 27.2 Å². The van der Waals surface area contributed by atoms with Gasteiger partial charge in [0, 0.05) is 12.7 Å². The van der Waals surface area contributed by atoms with Crippen LogP contribution in [0.15, 0.2) is 29.2 Å². The fraction of sp³-hybridized carbons (Fsp3) is 0.300. The first-order valence-electron chi connectivity index (χ1n) is 4.99. The Morgan fingerprint density at radius 2 is 1.88 bits per heavy atom. The summed E-state index contributed by atoms with van der Waals surface area (Å²) in [5.41, 5.74) is 2.55. The Morgan fingerprint density at radius 3 is 2.29 bits per heavy atom. The lowest BCUT2D eigenvalue weighted by molar-refractivity contribution is 0.247. The molecule has 0 fully saturated rings. The van der Waals surface area contributed by atoms with Gasteiger partial charge in [-0.1, -0.05) is 6.92 Å². The molecule has 1 rings (SSSR count). The molecule has 0 radical (unpaired) electrons. The maximum absolute atomic E-state index is 11.6. The van der Waals surface area contributed by atoms with Gasteiger partial charge in [-0.15, -0.1) is 0 Å². The summed E-state index contributed by atoms with van der Waals surface area (Å²) < 4.78 is 23.1. The number of rotatable bonds is 3. The average molecular weight is 257 g/mol. The van der Waals surface area contributed by atoms with E-state index in [0.29, 0.717) is 5.69 Å². The van der Waals surface area contributed by atoms with Crippen LogP contribution in [0.2, 0.25) is 0 Å². The summed E-state index contributed by atoms with van der Waals surface area (Å²) in [7, 11) is -1.68. The molecule has 7 heteroatoms. The molecule has 0 bridgehead atoms. The normalized spacial score (nSPS) is 11.0. The van der Waals surface area contributed by atoms with E-state index >= 15 is 0 Å². The summed E-state index contributed by atoms with van der Waals surface area (Å²) in [6, 6.07) is 5.56. The first-order chi connectivity index (χ1) is 7.92. The molecule has 0 aliphatic rings. The number of amides is 2. The molecule has 0 atom stereocenters.